The van der Waals surface area contributed by atoms with Gasteiger partial charge in [-0.05, 0) is 78.2 Å². The van der Waals surface area contributed by atoms with Crippen LogP contribution in [0.3, 0.4) is 0 Å². The number of halogens is 1. The number of aryl methyl sites for hydroxylation is 1. The number of hydrogen-bond acceptors (Lipinski definition) is 5. The van der Waals surface area contributed by atoms with E-state index in [9.17, 15) is 13.4 Å². The van der Waals surface area contributed by atoms with Gasteiger partial charge >= 0.3 is 0 Å². The van der Waals surface area contributed by atoms with Crippen molar-refractivity contribution in [1.29, 1.82) is 4.78 Å². The first-order valence-electron chi connectivity index (χ1n) is 10.0. The Hall–Kier alpha value is -4.04. The summed E-state index contributed by atoms with van der Waals surface area (Å²) in [5, 5.41) is 2.78. The molecule has 0 saturated heterocycles. The van der Waals surface area contributed by atoms with E-state index in [4.69, 9.17) is 10.5 Å². The Bertz CT molecular complexity index is 1430. The fraction of sp³-hybridized carbons (Fsp3) is 0.0400. The predicted octanol–water partition coefficient (Wildman–Crippen LogP) is 5.50. The van der Waals surface area contributed by atoms with Gasteiger partial charge in [0.25, 0.3) is 5.91 Å². The molecule has 4 N–H and O–H groups in total. The number of amides is 1. The molecule has 4 rings (SSSR count). The zero-order valence-electron chi connectivity index (χ0n) is 17.7. The number of nitrogen functional groups attached to an aromatic ring is 1. The average Bonchev–Trinajstić information content (AvgIpc) is 2.81. The summed E-state index contributed by atoms with van der Waals surface area (Å²) in [6.07, 6.45) is 3.01. The van der Waals surface area contributed by atoms with Gasteiger partial charge in [-0.25, -0.2) is 13.4 Å². The van der Waals surface area contributed by atoms with Crippen LogP contribution < -0.4 is 11.1 Å². The normalized spacial score (nSPS) is 12.7. The molecule has 0 saturated carbocycles. The van der Waals surface area contributed by atoms with Gasteiger partial charge in [0.15, 0.2) is 0 Å². The van der Waals surface area contributed by atoms with E-state index in [0.717, 1.165) is 11.1 Å². The van der Waals surface area contributed by atoms with Crippen LogP contribution in [0.25, 0.3) is 11.1 Å². The van der Waals surface area contributed by atoms with E-state index < -0.39 is 15.6 Å². The number of pyridine rings is 1. The van der Waals surface area contributed by atoms with E-state index in [1.807, 2.05) is 0 Å². The molecule has 0 spiro atoms. The minimum Gasteiger partial charge on any atom is -0.397 e. The Labute approximate surface area is 191 Å². The van der Waals surface area contributed by atoms with Crippen LogP contribution in [0.2, 0.25) is 0 Å². The Morgan fingerprint density at radius 1 is 1.00 bits per heavy atom. The van der Waals surface area contributed by atoms with Crippen molar-refractivity contribution in [3.63, 3.8) is 0 Å². The van der Waals surface area contributed by atoms with Crippen molar-refractivity contribution in [3.05, 3.63) is 102 Å². The quantitative estimate of drug-likeness (QED) is 0.342. The second-order valence-corrected chi connectivity index (χ2v) is 9.51. The van der Waals surface area contributed by atoms with Gasteiger partial charge in [0.2, 0.25) is 0 Å². The molecule has 1 aromatic heterocycles. The summed E-state index contributed by atoms with van der Waals surface area (Å²) < 4.78 is 34.7. The van der Waals surface area contributed by atoms with Gasteiger partial charge in [-0.3, -0.25) is 9.78 Å². The molecule has 1 amide bonds. The van der Waals surface area contributed by atoms with Gasteiger partial charge in [-0.1, -0.05) is 18.2 Å². The molecule has 0 bridgehead atoms. The summed E-state index contributed by atoms with van der Waals surface area (Å²) in [4.78, 5) is 17.4. The highest BCUT2D eigenvalue weighted by atomic mass is 32.2. The molecule has 0 aliphatic heterocycles. The van der Waals surface area contributed by atoms with Gasteiger partial charge < -0.3 is 11.1 Å². The van der Waals surface area contributed by atoms with E-state index >= 15 is 0 Å². The first kappa shape index (κ1) is 22.2. The van der Waals surface area contributed by atoms with E-state index in [2.05, 4.69) is 10.3 Å². The molecule has 4 aromatic rings. The molecule has 1 atom stereocenters. The van der Waals surface area contributed by atoms with Gasteiger partial charge in [0.1, 0.15) is 15.5 Å². The zero-order chi connectivity index (χ0) is 23.6. The molecule has 0 aliphatic rings. The molecule has 0 aliphatic carbocycles. The van der Waals surface area contributed by atoms with Crippen molar-refractivity contribution in [2.45, 2.75) is 16.7 Å². The second kappa shape index (κ2) is 8.84. The standard InChI is InChI=1S/C25H21FN4O2S/c1-16-12-13-29-15-24(16)33(28,32)21-9-4-18(5-10-21)25(31)30-23-14-19(6-11-22(23)27)17-2-7-20(26)8-3-17/h2-15,28H,27H2,1H3,(H,30,31). The average molecular weight is 461 g/mol. The van der Waals surface area contributed by atoms with Crippen LogP contribution in [-0.2, 0) is 9.73 Å². The first-order valence-corrected chi connectivity index (χ1v) is 11.6. The van der Waals surface area contributed by atoms with Crippen LogP contribution in [0.4, 0.5) is 15.8 Å². The molecule has 0 fully saturated rings. The number of anilines is 2. The zero-order valence-corrected chi connectivity index (χ0v) is 18.5. The summed E-state index contributed by atoms with van der Waals surface area (Å²) in [5.74, 6) is -0.736. The SMILES string of the molecule is Cc1ccncc1S(=N)(=O)c1ccc(C(=O)Nc2cc(-c3ccc(F)cc3)ccc2N)cc1. The number of rotatable bonds is 5. The molecule has 6 nitrogen and oxygen atoms in total. The maximum absolute atomic E-state index is 13.2. The van der Waals surface area contributed by atoms with Crippen LogP contribution in [0, 0.1) is 17.5 Å². The number of nitrogens with zero attached hydrogens (tertiary/aromatic N) is 1. The summed E-state index contributed by atoms with van der Waals surface area (Å²) in [5.41, 5.74) is 9.43. The number of nitrogens with two attached hydrogens (primary N) is 1. The fourth-order valence-corrected chi connectivity index (χ4v) is 4.86. The van der Waals surface area contributed by atoms with Crippen LogP contribution in [0.15, 0.2) is 95.0 Å². The van der Waals surface area contributed by atoms with E-state index in [1.54, 1.807) is 49.5 Å². The van der Waals surface area contributed by atoms with E-state index in [0.29, 0.717) is 27.4 Å². The van der Waals surface area contributed by atoms with Crippen LogP contribution in [0.1, 0.15) is 15.9 Å². The van der Waals surface area contributed by atoms with Crippen molar-refractivity contribution >= 4 is 27.0 Å². The minimum absolute atomic E-state index is 0.285. The van der Waals surface area contributed by atoms with Crippen LogP contribution in [-0.4, -0.2) is 15.1 Å². The largest absolute Gasteiger partial charge is 0.397 e. The monoisotopic (exact) mass is 460 g/mol. The molecule has 8 heteroatoms. The molecular formula is C25H21FN4O2S. The summed E-state index contributed by atoms with van der Waals surface area (Å²) in [6.45, 7) is 1.78. The molecule has 3 aromatic carbocycles. The maximum atomic E-state index is 13.2. The number of benzene rings is 3. The first-order chi connectivity index (χ1) is 15.8. The van der Waals surface area contributed by atoms with Crippen molar-refractivity contribution in [2.24, 2.45) is 0 Å². The smallest absolute Gasteiger partial charge is 0.255 e. The Kier molecular flexibility index (Phi) is 5.93. The third-order valence-corrected chi connectivity index (χ3v) is 7.21. The van der Waals surface area contributed by atoms with Gasteiger partial charge in [0, 0.05) is 18.0 Å². The minimum atomic E-state index is -3.26. The number of nitrogens with one attached hydrogen (secondary N) is 2. The predicted molar refractivity (Wildman–Crippen MR) is 127 cm³/mol. The third kappa shape index (κ3) is 4.61. The Morgan fingerprint density at radius 3 is 2.33 bits per heavy atom. The lowest BCUT2D eigenvalue weighted by atomic mass is 10.0. The molecule has 1 unspecified atom stereocenters. The Morgan fingerprint density at radius 2 is 1.67 bits per heavy atom. The highest BCUT2D eigenvalue weighted by molar-refractivity contribution is 7.92. The van der Waals surface area contributed by atoms with Gasteiger partial charge in [-0.2, -0.15) is 0 Å². The topological polar surface area (TPSA) is 109 Å². The van der Waals surface area contributed by atoms with Crippen molar-refractivity contribution in [1.82, 2.24) is 4.98 Å². The molecule has 1 heterocycles. The molecule has 33 heavy (non-hydrogen) atoms. The lowest BCUT2D eigenvalue weighted by molar-refractivity contribution is 0.102. The lowest BCUT2D eigenvalue weighted by Crippen LogP contribution is -2.13. The molecular weight excluding hydrogens is 439 g/mol. The fourth-order valence-electron chi connectivity index (χ4n) is 3.36. The summed E-state index contributed by atoms with van der Waals surface area (Å²) in [6, 6.07) is 19.0. The summed E-state index contributed by atoms with van der Waals surface area (Å²) in [7, 11) is -3.26. The van der Waals surface area contributed by atoms with E-state index in [1.165, 1.54) is 42.6 Å². The van der Waals surface area contributed by atoms with Crippen molar-refractivity contribution in [2.75, 3.05) is 11.1 Å². The number of carbonyl (C=O) groups is 1. The second-order valence-electron chi connectivity index (χ2n) is 7.48. The highest BCUT2D eigenvalue weighted by Gasteiger charge is 2.17. The van der Waals surface area contributed by atoms with E-state index in [-0.39, 0.29) is 10.7 Å². The van der Waals surface area contributed by atoms with Crippen molar-refractivity contribution in [3.8, 4) is 11.1 Å². The summed E-state index contributed by atoms with van der Waals surface area (Å²) >= 11 is 0. The van der Waals surface area contributed by atoms with Gasteiger partial charge in [-0.15, -0.1) is 0 Å². The van der Waals surface area contributed by atoms with Crippen LogP contribution in [0.5, 0.6) is 0 Å². The number of hydrogen-bond donors (Lipinski definition) is 3. The van der Waals surface area contributed by atoms with Crippen molar-refractivity contribution < 1.29 is 13.4 Å². The maximum Gasteiger partial charge on any atom is 0.255 e. The lowest BCUT2D eigenvalue weighted by Gasteiger charge is -2.12. The van der Waals surface area contributed by atoms with Gasteiger partial charge in [0.05, 0.1) is 21.2 Å². The molecule has 0 radical (unpaired) electrons. The Balaban J connectivity index is 1.57. The third-order valence-electron chi connectivity index (χ3n) is 5.23. The number of aromatic nitrogens is 1. The number of carbonyl (C=O) groups excluding carboxylic acids is 1. The molecule has 166 valence electrons. The highest BCUT2D eigenvalue weighted by Crippen LogP contribution is 2.28. The van der Waals surface area contributed by atoms with Crippen LogP contribution >= 0.6 is 0 Å².